The van der Waals surface area contributed by atoms with E-state index in [1.807, 2.05) is 36.0 Å². The summed E-state index contributed by atoms with van der Waals surface area (Å²) >= 11 is 1.85. The lowest BCUT2D eigenvalue weighted by atomic mass is 9.99. The van der Waals surface area contributed by atoms with Gasteiger partial charge in [0.1, 0.15) is 19.0 Å². The van der Waals surface area contributed by atoms with E-state index in [-0.39, 0.29) is 12.4 Å². The number of hydrogen-bond acceptors (Lipinski definition) is 6. The molecule has 3 aromatic rings. The van der Waals surface area contributed by atoms with E-state index >= 15 is 0 Å². The number of nitrogens with one attached hydrogen (secondary N) is 1. The van der Waals surface area contributed by atoms with Crippen LogP contribution in [-0.2, 0) is 12.2 Å². The Hall–Kier alpha value is -3.65. The summed E-state index contributed by atoms with van der Waals surface area (Å²) in [6.07, 6.45) is 6.00. The highest BCUT2D eigenvalue weighted by atomic mass is 32.2. The van der Waals surface area contributed by atoms with Crippen molar-refractivity contribution in [2.45, 2.75) is 17.1 Å². The zero-order chi connectivity index (χ0) is 22.8. The molecule has 7 nitrogen and oxygen atoms in total. The van der Waals surface area contributed by atoms with Crippen LogP contribution in [0.3, 0.4) is 0 Å². The number of aromatic nitrogens is 1. The summed E-state index contributed by atoms with van der Waals surface area (Å²) in [5.41, 5.74) is 6.17. The molecule has 0 saturated carbocycles. The number of aromatic hydroxyl groups is 1. The molecule has 3 heterocycles. The third kappa shape index (κ3) is 4.21. The fourth-order valence-corrected chi connectivity index (χ4v) is 5.10. The minimum atomic E-state index is -0.579. The van der Waals surface area contributed by atoms with Gasteiger partial charge in [0, 0.05) is 41.4 Å². The van der Waals surface area contributed by atoms with Crippen LogP contribution in [0.5, 0.6) is 11.5 Å². The molecule has 2 aliphatic heterocycles. The molecule has 5 rings (SSSR count). The highest BCUT2D eigenvalue weighted by molar-refractivity contribution is 7.98. The molecule has 33 heavy (non-hydrogen) atoms. The lowest BCUT2D eigenvalue weighted by Gasteiger charge is -2.30. The number of thioether (sulfide) groups is 1. The highest BCUT2D eigenvalue weighted by Gasteiger charge is 2.27. The topological polar surface area (TPSA) is 83.8 Å². The summed E-state index contributed by atoms with van der Waals surface area (Å²) in [4.78, 5) is 27.2. The first-order valence-electron chi connectivity index (χ1n) is 10.7. The molecule has 2 N–H and O–H groups in total. The van der Waals surface area contributed by atoms with Gasteiger partial charge in [-0.3, -0.25) is 14.3 Å². The third-order valence-electron chi connectivity index (χ3n) is 5.78. The summed E-state index contributed by atoms with van der Waals surface area (Å²) in [5.74, 6) is 0.847. The zero-order valence-electron chi connectivity index (χ0n) is 17.9. The SMILES string of the molecule is O=C1c2c(O)c(=O)ccn2NCN1C/C=C/COc1cccc2c1Cc1ccccc1SC2. The Balaban J connectivity index is 1.23. The van der Waals surface area contributed by atoms with Crippen molar-refractivity contribution in [2.75, 3.05) is 25.2 Å². The molecule has 8 heteroatoms. The van der Waals surface area contributed by atoms with Crippen molar-refractivity contribution < 1.29 is 14.6 Å². The van der Waals surface area contributed by atoms with Gasteiger partial charge in [0.05, 0.1) is 0 Å². The quantitative estimate of drug-likeness (QED) is 0.567. The number of amides is 1. The standard InChI is InChI=1S/C25H23N3O4S/c29-20-10-12-28-23(24(20)30)25(31)27(16-26-28)11-3-4-13-32-21-8-5-7-18-15-33-22-9-2-1-6-17(22)14-19(18)21/h1-10,12,26,30H,11,13-16H2/b4-3+. The maximum Gasteiger partial charge on any atom is 0.278 e. The van der Waals surface area contributed by atoms with Crippen molar-refractivity contribution in [1.29, 1.82) is 0 Å². The minimum absolute atomic E-state index is 0.0523. The van der Waals surface area contributed by atoms with Crippen molar-refractivity contribution in [3.63, 3.8) is 0 Å². The number of nitrogens with zero attached hydrogens (tertiary/aromatic N) is 2. The monoisotopic (exact) mass is 461 g/mol. The predicted molar refractivity (Wildman–Crippen MR) is 128 cm³/mol. The molecule has 2 aliphatic rings. The van der Waals surface area contributed by atoms with Gasteiger partial charge in [-0.25, -0.2) is 0 Å². The molecule has 0 radical (unpaired) electrons. The van der Waals surface area contributed by atoms with Crippen LogP contribution in [0, 0.1) is 0 Å². The molecule has 0 spiro atoms. The normalized spacial score (nSPS) is 14.8. The van der Waals surface area contributed by atoms with Crippen LogP contribution in [0.4, 0.5) is 0 Å². The van der Waals surface area contributed by atoms with Crippen LogP contribution in [0.2, 0.25) is 0 Å². The van der Waals surface area contributed by atoms with E-state index in [9.17, 15) is 14.7 Å². The summed E-state index contributed by atoms with van der Waals surface area (Å²) in [6.45, 7) is 0.971. The Kier molecular flexibility index (Phi) is 5.83. The number of hydrogen-bond donors (Lipinski definition) is 2. The second-order valence-corrected chi connectivity index (χ2v) is 8.86. The number of pyridine rings is 1. The lowest BCUT2D eigenvalue weighted by molar-refractivity contribution is 0.0741. The Bertz CT molecular complexity index is 1300. The van der Waals surface area contributed by atoms with E-state index in [1.54, 1.807) is 0 Å². The summed E-state index contributed by atoms with van der Waals surface area (Å²) < 4.78 is 7.46. The summed E-state index contributed by atoms with van der Waals surface area (Å²) in [7, 11) is 0. The maximum atomic E-state index is 12.7. The Morgan fingerprint density at radius 1 is 1.06 bits per heavy atom. The van der Waals surface area contributed by atoms with Crippen LogP contribution >= 0.6 is 11.8 Å². The first-order valence-corrected chi connectivity index (χ1v) is 11.7. The average molecular weight is 462 g/mol. The van der Waals surface area contributed by atoms with Crippen LogP contribution in [0.15, 0.2) is 76.6 Å². The van der Waals surface area contributed by atoms with E-state index in [1.165, 1.54) is 43.4 Å². The van der Waals surface area contributed by atoms with Gasteiger partial charge in [0.25, 0.3) is 5.91 Å². The van der Waals surface area contributed by atoms with Crippen molar-refractivity contribution in [1.82, 2.24) is 9.58 Å². The smallest absolute Gasteiger partial charge is 0.278 e. The minimum Gasteiger partial charge on any atom is -0.502 e. The average Bonchev–Trinajstić information content (AvgIpc) is 3.02. The van der Waals surface area contributed by atoms with Gasteiger partial charge < -0.3 is 20.2 Å². The fraction of sp³-hybridized carbons (Fsp3) is 0.200. The van der Waals surface area contributed by atoms with Crippen LogP contribution in [-0.4, -0.2) is 40.4 Å². The van der Waals surface area contributed by atoms with Gasteiger partial charge >= 0.3 is 0 Å². The van der Waals surface area contributed by atoms with Crippen molar-refractivity contribution in [3.05, 3.63) is 99.5 Å². The molecule has 168 valence electrons. The van der Waals surface area contributed by atoms with E-state index in [0.29, 0.717) is 13.2 Å². The molecule has 1 aromatic heterocycles. The third-order valence-corrected chi connectivity index (χ3v) is 6.94. The summed E-state index contributed by atoms with van der Waals surface area (Å²) in [6, 6.07) is 15.9. The number of rotatable bonds is 5. The van der Waals surface area contributed by atoms with Crippen LogP contribution in [0.1, 0.15) is 27.2 Å². The number of ether oxygens (including phenoxy) is 1. The van der Waals surface area contributed by atoms with Crippen LogP contribution in [0.25, 0.3) is 0 Å². The largest absolute Gasteiger partial charge is 0.502 e. The molecule has 0 fully saturated rings. The first-order chi connectivity index (χ1) is 16.1. The molecular formula is C25H23N3O4S. The van der Waals surface area contributed by atoms with Crippen molar-refractivity contribution >= 4 is 17.7 Å². The van der Waals surface area contributed by atoms with Gasteiger partial charge in [-0.15, -0.1) is 11.8 Å². The molecule has 2 aromatic carbocycles. The number of benzene rings is 2. The van der Waals surface area contributed by atoms with Gasteiger partial charge in [-0.2, -0.15) is 0 Å². The Labute approximate surface area is 195 Å². The van der Waals surface area contributed by atoms with Gasteiger partial charge in [0.15, 0.2) is 11.4 Å². The van der Waals surface area contributed by atoms with E-state index in [2.05, 4.69) is 35.8 Å². The van der Waals surface area contributed by atoms with Gasteiger partial charge in [-0.1, -0.05) is 36.4 Å². The first kappa shape index (κ1) is 21.2. The van der Waals surface area contributed by atoms with Crippen molar-refractivity contribution in [3.8, 4) is 11.5 Å². The number of carbonyl (C=O) groups excluding carboxylic acids is 1. The number of carbonyl (C=O) groups is 1. The summed E-state index contributed by atoms with van der Waals surface area (Å²) in [5, 5.41) is 9.99. The van der Waals surface area contributed by atoms with Crippen LogP contribution < -0.4 is 15.6 Å². The second kappa shape index (κ2) is 9.07. The Morgan fingerprint density at radius 2 is 1.91 bits per heavy atom. The number of fused-ring (bicyclic) bond motifs is 3. The van der Waals surface area contributed by atoms with Gasteiger partial charge in [0.2, 0.25) is 5.43 Å². The van der Waals surface area contributed by atoms with E-state index < -0.39 is 17.1 Å². The fourth-order valence-electron chi connectivity index (χ4n) is 4.02. The predicted octanol–water partition coefficient (Wildman–Crippen LogP) is 3.34. The molecule has 0 unspecified atom stereocenters. The van der Waals surface area contributed by atoms with Gasteiger partial charge in [-0.05, 0) is 29.3 Å². The molecular weight excluding hydrogens is 438 g/mol. The molecule has 0 aliphatic carbocycles. The maximum absolute atomic E-state index is 12.7. The van der Waals surface area contributed by atoms with E-state index in [0.717, 1.165) is 17.9 Å². The second-order valence-electron chi connectivity index (χ2n) is 7.84. The van der Waals surface area contributed by atoms with E-state index in [4.69, 9.17) is 4.74 Å². The lowest BCUT2D eigenvalue weighted by Crippen LogP contribution is -2.46. The molecule has 1 amide bonds. The Morgan fingerprint density at radius 3 is 2.82 bits per heavy atom. The zero-order valence-corrected chi connectivity index (χ0v) is 18.7. The molecule has 0 atom stereocenters. The molecule has 0 bridgehead atoms. The highest BCUT2D eigenvalue weighted by Crippen LogP contribution is 2.37. The van der Waals surface area contributed by atoms with Crippen molar-refractivity contribution in [2.24, 2.45) is 0 Å². The molecule has 0 saturated heterocycles.